The van der Waals surface area contributed by atoms with Crippen molar-refractivity contribution in [2.45, 2.75) is 46.9 Å². The van der Waals surface area contributed by atoms with Gasteiger partial charge in [0.15, 0.2) is 17.0 Å². The summed E-state index contributed by atoms with van der Waals surface area (Å²) in [4.78, 5) is 32.9. The SMILES string of the molecule is COC(C)n1c(=O)c2c(nc(CC(C)(C)C)n2Cc2ccc(-c3ccccc3-c3nnn[nH]3)cc2)n(-c2ccccc2)c1=O. The maximum absolute atomic E-state index is 14.1. The van der Waals surface area contributed by atoms with Crippen molar-refractivity contribution in [3.05, 3.63) is 111 Å². The van der Waals surface area contributed by atoms with Gasteiger partial charge in [0.05, 0.1) is 5.69 Å². The number of rotatable bonds is 8. The molecule has 0 saturated carbocycles. The fourth-order valence-electron chi connectivity index (χ4n) is 5.45. The van der Waals surface area contributed by atoms with Crippen molar-refractivity contribution < 1.29 is 4.74 Å². The highest BCUT2D eigenvalue weighted by Crippen LogP contribution is 2.30. The van der Waals surface area contributed by atoms with Gasteiger partial charge in [-0.2, -0.15) is 0 Å². The van der Waals surface area contributed by atoms with Crippen LogP contribution in [0.2, 0.25) is 0 Å². The quantitative estimate of drug-likeness (QED) is 0.265. The van der Waals surface area contributed by atoms with Crippen LogP contribution in [0.25, 0.3) is 39.4 Å². The molecule has 11 heteroatoms. The van der Waals surface area contributed by atoms with Crippen LogP contribution in [0.5, 0.6) is 0 Å². The number of H-pyrrole nitrogens is 1. The minimum Gasteiger partial charge on any atom is -0.361 e. The number of nitrogens with zero attached hydrogens (tertiary/aromatic N) is 7. The normalized spacial score (nSPS) is 12.6. The lowest BCUT2D eigenvalue weighted by atomic mass is 9.92. The van der Waals surface area contributed by atoms with E-state index in [4.69, 9.17) is 9.72 Å². The van der Waals surface area contributed by atoms with E-state index in [2.05, 4.69) is 41.4 Å². The Morgan fingerprint density at radius 3 is 2.23 bits per heavy atom. The molecule has 6 aromatic rings. The summed E-state index contributed by atoms with van der Waals surface area (Å²) in [5.41, 5.74) is 4.10. The van der Waals surface area contributed by atoms with Gasteiger partial charge in [0.2, 0.25) is 0 Å². The second-order valence-corrected chi connectivity index (χ2v) is 12.0. The van der Waals surface area contributed by atoms with Gasteiger partial charge in [-0.1, -0.05) is 87.5 Å². The summed E-state index contributed by atoms with van der Waals surface area (Å²) in [6.45, 7) is 8.46. The third kappa shape index (κ3) is 5.37. The average molecular weight is 591 g/mol. The number of ether oxygens (including phenoxy) is 1. The summed E-state index contributed by atoms with van der Waals surface area (Å²) in [5.74, 6) is 1.32. The van der Waals surface area contributed by atoms with Gasteiger partial charge in [0.1, 0.15) is 12.1 Å². The number of nitrogens with one attached hydrogen (secondary N) is 1. The van der Waals surface area contributed by atoms with E-state index in [-0.39, 0.29) is 5.41 Å². The molecule has 1 unspecified atom stereocenters. The molecule has 0 bridgehead atoms. The number of benzene rings is 3. The molecule has 0 aliphatic rings. The maximum Gasteiger partial charge on any atom is 0.339 e. The molecule has 0 spiro atoms. The largest absolute Gasteiger partial charge is 0.361 e. The van der Waals surface area contributed by atoms with E-state index in [0.29, 0.717) is 35.6 Å². The minimum absolute atomic E-state index is 0.126. The van der Waals surface area contributed by atoms with Crippen molar-refractivity contribution in [1.82, 2.24) is 39.3 Å². The van der Waals surface area contributed by atoms with Gasteiger partial charge in [-0.15, -0.1) is 5.10 Å². The van der Waals surface area contributed by atoms with Crippen molar-refractivity contribution in [1.29, 1.82) is 0 Å². The lowest BCUT2D eigenvalue weighted by molar-refractivity contribution is 0.0536. The van der Waals surface area contributed by atoms with Crippen LogP contribution in [-0.4, -0.2) is 46.4 Å². The van der Waals surface area contributed by atoms with Gasteiger partial charge in [-0.25, -0.2) is 24.0 Å². The standard InChI is InChI=1S/C33H34N8O3/c1-21(44-5)40-31(42)28-30(41(32(40)43)24-11-7-6-8-12-24)34-27(19-33(2,3)4)39(28)20-22-15-17-23(18-16-22)25-13-9-10-14-26(25)29-35-37-38-36-29/h6-18,21H,19-20H2,1-5H3,(H,35,36,37,38). The molecular formula is C33H34N8O3. The van der Waals surface area contributed by atoms with Gasteiger partial charge in [0.25, 0.3) is 5.56 Å². The highest BCUT2D eigenvalue weighted by atomic mass is 16.5. The number of tetrazole rings is 1. The van der Waals surface area contributed by atoms with Gasteiger partial charge < -0.3 is 9.30 Å². The van der Waals surface area contributed by atoms with E-state index in [1.54, 1.807) is 6.92 Å². The smallest absolute Gasteiger partial charge is 0.339 e. The number of para-hydroxylation sites is 1. The molecule has 0 fully saturated rings. The molecular weight excluding hydrogens is 556 g/mol. The van der Waals surface area contributed by atoms with E-state index in [1.165, 1.54) is 11.7 Å². The molecule has 6 rings (SSSR count). The van der Waals surface area contributed by atoms with Crippen LogP contribution in [-0.2, 0) is 17.7 Å². The fraction of sp³-hybridized carbons (Fsp3) is 0.273. The molecule has 0 aliphatic heterocycles. The zero-order valence-electron chi connectivity index (χ0n) is 25.4. The van der Waals surface area contributed by atoms with E-state index in [1.807, 2.05) is 83.4 Å². The average Bonchev–Trinajstić information content (AvgIpc) is 3.66. The number of hydrogen-bond donors (Lipinski definition) is 1. The van der Waals surface area contributed by atoms with Crippen LogP contribution in [0.4, 0.5) is 0 Å². The summed E-state index contributed by atoms with van der Waals surface area (Å²) in [6.07, 6.45) is -0.177. The first-order chi connectivity index (χ1) is 21.2. The first kappa shape index (κ1) is 28.9. The van der Waals surface area contributed by atoms with Gasteiger partial charge in [-0.3, -0.25) is 4.79 Å². The topological polar surface area (TPSA) is 126 Å². The summed E-state index contributed by atoms with van der Waals surface area (Å²) < 4.78 is 10.1. The fourth-order valence-corrected chi connectivity index (χ4v) is 5.45. The van der Waals surface area contributed by atoms with Crippen molar-refractivity contribution in [2.24, 2.45) is 5.41 Å². The summed E-state index contributed by atoms with van der Waals surface area (Å²) in [7, 11) is 1.48. The first-order valence-corrected chi connectivity index (χ1v) is 14.4. The molecule has 0 aliphatic carbocycles. The minimum atomic E-state index is -0.775. The molecule has 0 radical (unpaired) electrons. The molecule has 224 valence electrons. The summed E-state index contributed by atoms with van der Waals surface area (Å²) >= 11 is 0. The van der Waals surface area contributed by atoms with Crippen LogP contribution >= 0.6 is 0 Å². The number of aromatic amines is 1. The Labute approximate surface area is 253 Å². The third-order valence-electron chi connectivity index (χ3n) is 7.60. The molecule has 1 N–H and O–H groups in total. The number of hydrogen-bond acceptors (Lipinski definition) is 7. The van der Waals surface area contributed by atoms with E-state index in [0.717, 1.165) is 32.6 Å². The Kier molecular flexibility index (Phi) is 7.56. The van der Waals surface area contributed by atoms with Crippen LogP contribution in [0.1, 0.15) is 45.3 Å². The highest BCUT2D eigenvalue weighted by Gasteiger charge is 2.26. The lowest BCUT2D eigenvalue weighted by Gasteiger charge is -2.19. The molecule has 44 heavy (non-hydrogen) atoms. The van der Waals surface area contributed by atoms with Crippen molar-refractivity contribution >= 4 is 11.2 Å². The van der Waals surface area contributed by atoms with Gasteiger partial charge >= 0.3 is 5.69 Å². The second kappa shape index (κ2) is 11.5. The Hall–Kier alpha value is -5.16. The van der Waals surface area contributed by atoms with Gasteiger partial charge in [-0.05, 0) is 51.6 Å². The van der Waals surface area contributed by atoms with Crippen LogP contribution in [0.15, 0.2) is 88.5 Å². The zero-order chi connectivity index (χ0) is 31.0. The van der Waals surface area contributed by atoms with Crippen molar-refractivity contribution in [3.63, 3.8) is 0 Å². The predicted molar refractivity (Wildman–Crippen MR) is 169 cm³/mol. The number of imidazole rings is 1. The molecule has 1 atom stereocenters. The van der Waals surface area contributed by atoms with E-state index >= 15 is 0 Å². The van der Waals surface area contributed by atoms with Crippen LogP contribution in [0.3, 0.4) is 0 Å². The van der Waals surface area contributed by atoms with Crippen LogP contribution in [0, 0.1) is 5.41 Å². The highest BCUT2D eigenvalue weighted by molar-refractivity contribution is 5.80. The second-order valence-electron chi connectivity index (χ2n) is 12.0. The molecule has 0 saturated heterocycles. The molecule has 0 amide bonds. The third-order valence-corrected chi connectivity index (χ3v) is 7.60. The first-order valence-electron chi connectivity index (χ1n) is 14.4. The zero-order valence-corrected chi connectivity index (χ0v) is 25.4. The van der Waals surface area contributed by atoms with E-state index in [9.17, 15) is 9.59 Å². The number of aromatic nitrogens is 8. The molecule has 3 aromatic carbocycles. The summed E-state index contributed by atoms with van der Waals surface area (Å²) in [6, 6.07) is 25.4. The number of fused-ring (bicyclic) bond motifs is 1. The monoisotopic (exact) mass is 590 g/mol. The van der Waals surface area contributed by atoms with Crippen LogP contribution < -0.4 is 11.2 Å². The Bertz CT molecular complexity index is 2030. The molecule has 11 nitrogen and oxygen atoms in total. The maximum atomic E-state index is 14.1. The molecule has 3 aromatic heterocycles. The van der Waals surface area contributed by atoms with Crippen molar-refractivity contribution in [2.75, 3.05) is 7.11 Å². The van der Waals surface area contributed by atoms with Gasteiger partial charge in [0, 0.05) is 25.6 Å². The van der Waals surface area contributed by atoms with Crippen molar-refractivity contribution in [3.8, 4) is 28.2 Å². The summed E-state index contributed by atoms with van der Waals surface area (Å²) in [5, 5.41) is 14.4. The van der Waals surface area contributed by atoms with E-state index < -0.39 is 17.5 Å². The molecule has 3 heterocycles. The Morgan fingerprint density at radius 1 is 0.909 bits per heavy atom. The Balaban J connectivity index is 1.52. The Morgan fingerprint density at radius 2 is 1.59 bits per heavy atom. The number of methoxy groups -OCH3 is 1. The lowest BCUT2D eigenvalue weighted by Crippen LogP contribution is -2.42. The predicted octanol–water partition coefficient (Wildman–Crippen LogP) is 5.00.